The highest BCUT2D eigenvalue weighted by Crippen LogP contribution is 2.33. The number of urea groups is 1. The van der Waals surface area contributed by atoms with Crippen molar-refractivity contribution >= 4 is 17.8 Å². The monoisotopic (exact) mass is 343 g/mol. The maximum atomic E-state index is 13.1. The van der Waals surface area contributed by atoms with Gasteiger partial charge in [0.1, 0.15) is 12.1 Å². The molecule has 2 aliphatic rings. The third kappa shape index (κ3) is 3.25. The predicted octanol–water partition coefficient (Wildman–Crippen LogP) is 2.25. The molecule has 0 aromatic heterocycles. The van der Waals surface area contributed by atoms with E-state index in [0.29, 0.717) is 19.5 Å². The van der Waals surface area contributed by atoms with Crippen molar-refractivity contribution in [2.45, 2.75) is 44.6 Å². The zero-order valence-corrected chi connectivity index (χ0v) is 14.7. The molecule has 2 aliphatic heterocycles. The number of amides is 4. The molecule has 1 aromatic rings. The Morgan fingerprint density at radius 1 is 1.12 bits per heavy atom. The highest BCUT2D eigenvalue weighted by atomic mass is 16.2. The van der Waals surface area contributed by atoms with Crippen LogP contribution < -0.4 is 5.32 Å². The van der Waals surface area contributed by atoms with Gasteiger partial charge in [-0.2, -0.15) is 0 Å². The zero-order chi connectivity index (χ0) is 17.9. The Bertz CT molecular complexity index is 655. The molecule has 2 fully saturated rings. The minimum absolute atomic E-state index is 0.149. The standard InChI is InChI=1S/C19H25N3O3/c1-2-11-19(15-9-5-3-6-10-15)17(24)22(18(25)20-19)14-16(23)21-12-7-4-8-13-21/h3,5-6,9-10H,2,4,7-8,11-14H2,1H3,(H,20,25)/t19-/m1/s1. The van der Waals surface area contributed by atoms with E-state index in [1.54, 1.807) is 4.90 Å². The number of hydrogen-bond acceptors (Lipinski definition) is 3. The van der Waals surface area contributed by atoms with Gasteiger partial charge in [0.15, 0.2) is 0 Å². The Hall–Kier alpha value is -2.37. The van der Waals surface area contributed by atoms with Crippen LogP contribution in [-0.2, 0) is 15.1 Å². The maximum Gasteiger partial charge on any atom is 0.325 e. The summed E-state index contributed by atoms with van der Waals surface area (Å²) in [5.41, 5.74) is -0.293. The van der Waals surface area contributed by atoms with Crippen molar-refractivity contribution < 1.29 is 14.4 Å². The van der Waals surface area contributed by atoms with Gasteiger partial charge in [-0.25, -0.2) is 4.79 Å². The van der Waals surface area contributed by atoms with Crippen LogP contribution in [0.1, 0.15) is 44.6 Å². The molecule has 0 radical (unpaired) electrons. The molecule has 0 aliphatic carbocycles. The predicted molar refractivity (Wildman–Crippen MR) is 93.7 cm³/mol. The number of benzene rings is 1. The van der Waals surface area contributed by atoms with Gasteiger partial charge in [0.05, 0.1) is 0 Å². The van der Waals surface area contributed by atoms with Crippen molar-refractivity contribution in [1.82, 2.24) is 15.1 Å². The van der Waals surface area contributed by atoms with Crippen molar-refractivity contribution in [2.75, 3.05) is 19.6 Å². The van der Waals surface area contributed by atoms with Gasteiger partial charge in [0.25, 0.3) is 5.91 Å². The third-order valence-electron chi connectivity index (χ3n) is 5.07. The normalized spacial score (nSPS) is 23.7. The summed E-state index contributed by atoms with van der Waals surface area (Å²) in [5, 5.41) is 2.86. The van der Waals surface area contributed by atoms with Crippen LogP contribution in [0.25, 0.3) is 0 Å². The smallest absolute Gasteiger partial charge is 0.325 e. The fraction of sp³-hybridized carbons (Fsp3) is 0.526. The lowest BCUT2D eigenvalue weighted by Gasteiger charge is -2.29. The number of likely N-dealkylation sites (tertiary alicyclic amines) is 1. The first-order valence-electron chi connectivity index (χ1n) is 9.06. The van der Waals surface area contributed by atoms with Crippen LogP contribution in [0.5, 0.6) is 0 Å². The van der Waals surface area contributed by atoms with E-state index in [9.17, 15) is 14.4 Å². The van der Waals surface area contributed by atoms with Crippen LogP contribution >= 0.6 is 0 Å². The summed E-state index contributed by atoms with van der Waals surface area (Å²) < 4.78 is 0. The first kappa shape index (κ1) is 17.5. The zero-order valence-electron chi connectivity index (χ0n) is 14.7. The molecular formula is C19H25N3O3. The average molecular weight is 343 g/mol. The second kappa shape index (κ2) is 7.25. The summed E-state index contributed by atoms with van der Waals surface area (Å²) in [4.78, 5) is 41.0. The van der Waals surface area contributed by atoms with E-state index in [1.807, 2.05) is 37.3 Å². The number of carbonyl (C=O) groups is 3. The lowest BCUT2D eigenvalue weighted by Crippen LogP contribution is -2.46. The van der Waals surface area contributed by atoms with Crippen LogP contribution in [0.4, 0.5) is 4.79 Å². The van der Waals surface area contributed by atoms with E-state index in [0.717, 1.165) is 36.1 Å². The van der Waals surface area contributed by atoms with Gasteiger partial charge in [0.2, 0.25) is 5.91 Å². The molecule has 0 spiro atoms. The fourth-order valence-electron chi connectivity index (χ4n) is 3.76. The van der Waals surface area contributed by atoms with E-state index >= 15 is 0 Å². The highest BCUT2D eigenvalue weighted by molar-refractivity contribution is 6.09. The average Bonchev–Trinajstić information content (AvgIpc) is 2.88. The minimum atomic E-state index is -1.06. The maximum absolute atomic E-state index is 13.1. The summed E-state index contributed by atoms with van der Waals surface area (Å²) in [6.07, 6.45) is 4.34. The van der Waals surface area contributed by atoms with Gasteiger partial charge >= 0.3 is 6.03 Å². The molecule has 1 N–H and O–H groups in total. The van der Waals surface area contributed by atoms with E-state index in [1.165, 1.54) is 0 Å². The molecule has 0 bridgehead atoms. The molecule has 2 heterocycles. The van der Waals surface area contributed by atoms with E-state index in [4.69, 9.17) is 0 Å². The number of nitrogens with zero attached hydrogens (tertiary/aromatic N) is 2. The summed E-state index contributed by atoms with van der Waals surface area (Å²) in [7, 11) is 0. The first-order valence-corrected chi connectivity index (χ1v) is 9.06. The Balaban J connectivity index is 1.81. The molecule has 3 rings (SSSR count). The largest absolute Gasteiger partial charge is 0.341 e. The number of piperidine rings is 1. The Labute approximate surface area is 148 Å². The molecule has 4 amide bonds. The molecule has 0 saturated carbocycles. The van der Waals surface area contributed by atoms with Crippen molar-refractivity contribution in [3.05, 3.63) is 35.9 Å². The molecule has 0 unspecified atom stereocenters. The molecule has 1 atom stereocenters. The van der Waals surface area contributed by atoms with E-state index in [2.05, 4.69) is 5.32 Å². The van der Waals surface area contributed by atoms with Crippen molar-refractivity contribution in [1.29, 1.82) is 0 Å². The van der Waals surface area contributed by atoms with E-state index in [-0.39, 0.29) is 18.4 Å². The van der Waals surface area contributed by atoms with Crippen LogP contribution in [0, 0.1) is 0 Å². The molecule has 6 heteroatoms. The second-order valence-electron chi connectivity index (χ2n) is 6.78. The Morgan fingerprint density at radius 2 is 1.80 bits per heavy atom. The Morgan fingerprint density at radius 3 is 2.44 bits per heavy atom. The summed E-state index contributed by atoms with van der Waals surface area (Å²) in [5.74, 6) is -0.473. The summed E-state index contributed by atoms with van der Waals surface area (Å²) in [6.45, 7) is 3.22. The quantitative estimate of drug-likeness (QED) is 0.834. The molecule has 6 nitrogen and oxygen atoms in total. The molecule has 134 valence electrons. The van der Waals surface area contributed by atoms with E-state index < -0.39 is 11.6 Å². The number of carbonyl (C=O) groups excluding carboxylic acids is 3. The van der Waals surface area contributed by atoms with Crippen LogP contribution in [-0.4, -0.2) is 47.3 Å². The molecular weight excluding hydrogens is 318 g/mol. The lowest BCUT2D eigenvalue weighted by molar-refractivity contribution is -0.139. The van der Waals surface area contributed by atoms with Crippen molar-refractivity contribution in [2.24, 2.45) is 0 Å². The van der Waals surface area contributed by atoms with Gasteiger partial charge < -0.3 is 10.2 Å². The minimum Gasteiger partial charge on any atom is -0.341 e. The highest BCUT2D eigenvalue weighted by Gasteiger charge is 2.52. The van der Waals surface area contributed by atoms with Crippen LogP contribution in [0.2, 0.25) is 0 Å². The second-order valence-corrected chi connectivity index (χ2v) is 6.78. The molecule has 2 saturated heterocycles. The van der Waals surface area contributed by atoms with Gasteiger partial charge in [-0.3, -0.25) is 14.5 Å². The number of imide groups is 1. The lowest BCUT2D eigenvalue weighted by atomic mass is 9.85. The third-order valence-corrected chi connectivity index (χ3v) is 5.07. The topological polar surface area (TPSA) is 69.7 Å². The first-order chi connectivity index (χ1) is 12.1. The van der Waals surface area contributed by atoms with Crippen molar-refractivity contribution in [3.8, 4) is 0 Å². The van der Waals surface area contributed by atoms with Crippen molar-refractivity contribution in [3.63, 3.8) is 0 Å². The number of nitrogens with one attached hydrogen (secondary N) is 1. The molecule has 1 aromatic carbocycles. The van der Waals surface area contributed by atoms with Crippen LogP contribution in [0.15, 0.2) is 30.3 Å². The van der Waals surface area contributed by atoms with Gasteiger partial charge in [-0.05, 0) is 31.2 Å². The number of rotatable bonds is 5. The van der Waals surface area contributed by atoms with Gasteiger partial charge in [-0.15, -0.1) is 0 Å². The van der Waals surface area contributed by atoms with Crippen LogP contribution in [0.3, 0.4) is 0 Å². The Kier molecular flexibility index (Phi) is 5.06. The number of hydrogen-bond donors (Lipinski definition) is 1. The van der Waals surface area contributed by atoms with Gasteiger partial charge in [0, 0.05) is 13.1 Å². The SMILES string of the molecule is CCC[C@]1(c2ccccc2)NC(=O)N(CC(=O)N2CCCCC2)C1=O. The molecule has 25 heavy (non-hydrogen) atoms. The summed E-state index contributed by atoms with van der Waals surface area (Å²) in [6, 6.07) is 8.81. The fourth-order valence-corrected chi connectivity index (χ4v) is 3.76. The van der Waals surface area contributed by atoms with Gasteiger partial charge in [-0.1, -0.05) is 43.7 Å². The summed E-state index contributed by atoms with van der Waals surface area (Å²) >= 11 is 0.